The molecule has 33 heavy (non-hydrogen) atoms. The highest BCUT2D eigenvalue weighted by Gasteiger charge is 2.40. The number of ether oxygens (including phenoxy) is 2. The summed E-state index contributed by atoms with van der Waals surface area (Å²) < 4.78 is 12.6. The zero-order valence-electron chi connectivity index (χ0n) is 18.6. The predicted octanol–water partition coefficient (Wildman–Crippen LogP) is 1.86. The van der Waals surface area contributed by atoms with Gasteiger partial charge < -0.3 is 20.1 Å². The van der Waals surface area contributed by atoms with Crippen molar-refractivity contribution in [2.24, 2.45) is 0 Å². The van der Waals surface area contributed by atoms with E-state index < -0.39 is 0 Å². The Morgan fingerprint density at radius 1 is 1.12 bits per heavy atom. The number of morpholine rings is 1. The van der Waals surface area contributed by atoms with E-state index in [2.05, 4.69) is 37.7 Å². The van der Waals surface area contributed by atoms with Crippen molar-refractivity contribution in [1.82, 2.24) is 25.0 Å². The molecule has 172 valence electrons. The normalized spacial score (nSPS) is 22.8. The Balaban J connectivity index is 1.50. The average Bonchev–Trinajstić information content (AvgIpc) is 3.33. The summed E-state index contributed by atoms with van der Waals surface area (Å²) in [4.78, 5) is 19.7. The number of nitrogens with one attached hydrogen (secondary N) is 2. The lowest BCUT2D eigenvalue weighted by molar-refractivity contribution is -0.124. The van der Waals surface area contributed by atoms with Crippen LogP contribution in [-0.4, -0.2) is 71.6 Å². The monoisotopic (exact) mass is 448 g/mol. The molecule has 1 amide bonds. The summed E-state index contributed by atoms with van der Waals surface area (Å²) >= 11 is 0. The molecule has 0 unspecified atom stereocenters. The third kappa shape index (κ3) is 4.55. The van der Waals surface area contributed by atoms with Gasteiger partial charge in [-0.1, -0.05) is 42.5 Å². The van der Waals surface area contributed by atoms with Crippen molar-refractivity contribution < 1.29 is 14.3 Å². The number of benzene rings is 2. The first kappa shape index (κ1) is 21.4. The molecule has 2 aliphatic heterocycles. The zero-order valence-corrected chi connectivity index (χ0v) is 18.6. The number of carbonyl (C=O) groups is 1. The van der Waals surface area contributed by atoms with Crippen LogP contribution in [0.15, 0.2) is 60.9 Å². The van der Waals surface area contributed by atoms with Gasteiger partial charge in [0, 0.05) is 13.1 Å². The number of hydrogen-bond acceptors (Lipinski definition) is 7. The van der Waals surface area contributed by atoms with Crippen molar-refractivity contribution >= 4 is 11.9 Å². The van der Waals surface area contributed by atoms with Crippen LogP contribution < -0.4 is 15.4 Å². The molecule has 3 atom stereocenters. The first-order valence-corrected chi connectivity index (χ1v) is 11.2. The van der Waals surface area contributed by atoms with E-state index in [0.717, 1.165) is 30.0 Å². The van der Waals surface area contributed by atoms with Crippen LogP contribution in [0.4, 0.5) is 5.95 Å². The largest absolute Gasteiger partial charge is 0.497 e. The summed E-state index contributed by atoms with van der Waals surface area (Å²) in [7, 11) is 1.65. The van der Waals surface area contributed by atoms with Crippen molar-refractivity contribution in [2.75, 3.05) is 45.3 Å². The number of nitrogens with zero attached hydrogens (tertiary/aromatic N) is 4. The molecule has 3 heterocycles. The van der Waals surface area contributed by atoms with Crippen molar-refractivity contribution in [3.05, 3.63) is 72.1 Å². The van der Waals surface area contributed by atoms with Crippen molar-refractivity contribution in [3.63, 3.8) is 0 Å². The van der Waals surface area contributed by atoms with E-state index in [1.807, 2.05) is 47.1 Å². The third-order valence-electron chi connectivity index (χ3n) is 6.24. The number of anilines is 1. The summed E-state index contributed by atoms with van der Waals surface area (Å²) in [5.41, 5.74) is 2.09. The van der Waals surface area contributed by atoms with Crippen LogP contribution in [0.3, 0.4) is 0 Å². The summed E-state index contributed by atoms with van der Waals surface area (Å²) in [5, 5.41) is 11.3. The van der Waals surface area contributed by atoms with E-state index in [1.165, 1.54) is 0 Å². The van der Waals surface area contributed by atoms with Crippen LogP contribution in [-0.2, 0) is 9.53 Å². The Kier molecular flexibility index (Phi) is 6.23. The highest BCUT2D eigenvalue weighted by molar-refractivity contribution is 5.79. The number of amides is 1. The third-order valence-corrected chi connectivity index (χ3v) is 6.24. The molecule has 1 fully saturated rings. The van der Waals surface area contributed by atoms with Gasteiger partial charge in [0.1, 0.15) is 18.1 Å². The van der Waals surface area contributed by atoms with Crippen molar-refractivity contribution in [1.29, 1.82) is 0 Å². The second kappa shape index (κ2) is 9.60. The summed E-state index contributed by atoms with van der Waals surface area (Å²) in [6.07, 6.45) is 1.54. The molecule has 0 bridgehead atoms. The Morgan fingerprint density at radius 2 is 1.88 bits per heavy atom. The van der Waals surface area contributed by atoms with Gasteiger partial charge in [-0.25, -0.2) is 4.68 Å². The predicted molar refractivity (Wildman–Crippen MR) is 123 cm³/mol. The zero-order chi connectivity index (χ0) is 22.6. The quantitative estimate of drug-likeness (QED) is 0.595. The molecule has 9 nitrogen and oxygen atoms in total. The fourth-order valence-electron chi connectivity index (χ4n) is 4.58. The minimum atomic E-state index is -0.288. The van der Waals surface area contributed by atoms with E-state index in [4.69, 9.17) is 9.47 Å². The molecule has 0 aliphatic carbocycles. The fraction of sp³-hybridized carbons (Fsp3) is 0.375. The molecule has 0 saturated carbocycles. The summed E-state index contributed by atoms with van der Waals surface area (Å²) in [5.74, 6) is 1.43. The number of methoxy groups -OCH3 is 1. The maximum atomic E-state index is 13.2. The molecule has 9 heteroatoms. The van der Waals surface area contributed by atoms with E-state index in [-0.39, 0.29) is 24.0 Å². The van der Waals surface area contributed by atoms with Gasteiger partial charge in [-0.3, -0.25) is 9.69 Å². The number of carbonyl (C=O) groups excluding carboxylic acids is 1. The highest BCUT2D eigenvalue weighted by Crippen LogP contribution is 2.38. The standard InChI is InChI=1S/C24H28N6O3/c1-32-19-9-7-17(8-10-19)21-22(27-20(31)15-29-11-13-33-14-12-29)23(18-5-3-2-4-6-18)30-24(28-21)25-16-26-30/h2-10,16,21-23H,11-15H2,1H3,(H,27,31)(H,25,26,28)/t21-,22+,23-/m0/s1. The molecule has 5 rings (SSSR count). The summed E-state index contributed by atoms with van der Waals surface area (Å²) in [6.45, 7) is 3.16. The van der Waals surface area contributed by atoms with E-state index in [0.29, 0.717) is 25.7 Å². The lowest BCUT2D eigenvalue weighted by atomic mass is 9.88. The highest BCUT2D eigenvalue weighted by atomic mass is 16.5. The van der Waals surface area contributed by atoms with Gasteiger partial charge >= 0.3 is 0 Å². The van der Waals surface area contributed by atoms with E-state index >= 15 is 0 Å². The van der Waals surface area contributed by atoms with Crippen molar-refractivity contribution in [3.8, 4) is 5.75 Å². The van der Waals surface area contributed by atoms with Gasteiger partial charge in [0.05, 0.1) is 39.0 Å². The van der Waals surface area contributed by atoms with Gasteiger partial charge in [0.15, 0.2) is 0 Å². The lowest BCUT2D eigenvalue weighted by Gasteiger charge is -2.40. The molecule has 2 aromatic carbocycles. The first-order valence-electron chi connectivity index (χ1n) is 11.2. The SMILES string of the molecule is COc1ccc([C@@H]2Nc3ncnn3[C@@H](c3ccccc3)[C@@H]2NC(=O)CN2CCOCC2)cc1. The number of hydrogen-bond donors (Lipinski definition) is 2. The number of fused-ring (bicyclic) bond motifs is 1. The topological polar surface area (TPSA) is 93.5 Å². The maximum absolute atomic E-state index is 13.2. The van der Waals surface area contributed by atoms with Gasteiger partial charge in [0.25, 0.3) is 0 Å². The molecule has 1 aromatic heterocycles. The number of rotatable bonds is 6. The average molecular weight is 449 g/mol. The number of aromatic nitrogens is 3. The van der Waals surface area contributed by atoms with Crippen LogP contribution >= 0.6 is 0 Å². The second-order valence-electron chi connectivity index (χ2n) is 8.26. The molecule has 1 saturated heterocycles. The molecule has 2 N–H and O–H groups in total. The van der Waals surface area contributed by atoms with Gasteiger partial charge in [-0.2, -0.15) is 10.1 Å². The molecule has 0 spiro atoms. The van der Waals surface area contributed by atoms with Crippen LogP contribution in [0.25, 0.3) is 0 Å². The second-order valence-corrected chi connectivity index (χ2v) is 8.26. The molecule has 3 aromatic rings. The maximum Gasteiger partial charge on any atom is 0.234 e. The van der Waals surface area contributed by atoms with Crippen molar-refractivity contribution in [2.45, 2.75) is 18.1 Å². The van der Waals surface area contributed by atoms with Gasteiger partial charge in [0.2, 0.25) is 11.9 Å². The smallest absolute Gasteiger partial charge is 0.234 e. The molecule has 0 radical (unpaired) electrons. The minimum absolute atomic E-state index is 0.0216. The minimum Gasteiger partial charge on any atom is -0.497 e. The van der Waals surface area contributed by atoms with E-state index in [9.17, 15) is 4.79 Å². The van der Waals surface area contributed by atoms with Crippen LogP contribution in [0.2, 0.25) is 0 Å². The lowest BCUT2D eigenvalue weighted by Crippen LogP contribution is -2.53. The van der Waals surface area contributed by atoms with E-state index in [1.54, 1.807) is 13.4 Å². The van der Waals surface area contributed by atoms with Gasteiger partial charge in [-0.05, 0) is 23.3 Å². The Labute approximate surface area is 192 Å². The van der Waals surface area contributed by atoms with Gasteiger partial charge in [-0.15, -0.1) is 0 Å². The summed E-state index contributed by atoms with van der Waals surface area (Å²) in [6, 6.07) is 17.3. The Bertz CT molecular complexity index is 1070. The Morgan fingerprint density at radius 3 is 2.61 bits per heavy atom. The molecule has 2 aliphatic rings. The van der Waals surface area contributed by atoms with Crippen LogP contribution in [0.1, 0.15) is 23.2 Å². The van der Waals surface area contributed by atoms with Crippen LogP contribution in [0.5, 0.6) is 5.75 Å². The fourth-order valence-corrected chi connectivity index (χ4v) is 4.58. The van der Waals surface area contributed by atoms with Crippen LogP contribution in [0, 0.1) is 0 Å². The Hall–Kier alpha value is -3.43. The molecular weight excluding hydrogens is 420 g/mol. The molecular formula is C24H28N6O3. The first-order chi connectivity index (χ1) is 16.2.